The van der Waals surface area contributed by atoms with Gasteiger partial charge in [0.25, 0.3) is 5.56 Å². The second kappa shape index (κ2) is 5.66. The topological polar surface area (TPSA) is 64.4 Å². The number of esters is 1. The van der Waals surface area contributed by atoms with Crippen molar-refractivity contribution in [2.24, 2.45) is 0 Å². The molecule has 0 bridgehead atoms. The number of ether oxygens (including phenoxy) is 1. The molecule has 1 aliphatic rings. The Morgan fingerprint density at radius 1 is 1.44 bits per heavy atom. The van der Waals surface area contributed by atoms with E-state index in [2.05, 4.69) is 10.00 Å². The van der Waals surface area contributed by atoms with Crippen molar-refractivity contribution in [2.75, 3.05) is 24.6 Å². The first-order valence-electron chi connectivity index (χ1n) is 6.18. The van der Waals surface area contributed by atoms with Crippen LogP contribution >= 0.6 is 0 Å². The second-order valence-corrected chi connectivity index (χ2v) is 4.21. The predicted octanol–water partition coefficient (Wildman–Crippen LogP) is 0.407. The van der Waals surface area contributed by atoms with Gasteiger partial charge in [-0.3, -0.25) is 9.59 Å². The summed E-state index contributed by atoms with van der Waals surface area (Å²) in [6, 6.07) is 1.53. The molecule has 6 heteroatoms. The van der Waals surface area contributed by atoms with Crippen LogP contribution in [0.3, 0.4) is 0 Å². The van der Waals surface area contributed by atoms with Crippen LogP contribution < -0.4 is 10.5 Å². The molecule has 2 rings (SSSR count). The van der Waals surface area contributed by atoms with Crippen LogP contribution in [0.5, 0.6) is 0 Å². The summed E-state index contributed by atoms with van der Waals surface area (Å²) in [6.07, 6.45) is 3.92. The van der Waals surface area contributed by atoms with E-state index in [-0.39, 0.29) is 12.1 Å². The molecule has 0 unspecified atom stereocenters. The van der Waals surface area contributed by atoms with Crippen LogP contribution in [0, 0.1) is 0 Å². The van der Waals surface area contributed by atoms with Gasteiger partial charge in [0.15, 0.2) is 0 Å². The first-order valence-corrected chi connectivity index (χ1v) is 6.18. The molecule has 0 amide bonds. The van der Waals surface area contributed by atoms with Gasteiger partial charge in [-0.2, -0.15) is 5.10 Å². The van der Waals surface area contributed by atoms with Gasteiger partial charge in [-0.1, -0.05) is 0 Å². The molecule has 0 N–H and O–H groups in total. The number of carbonyl (C=O) groups excluding carboxylic acids is 1. The monoisotopic (exact) mass is 251 g/mol. The van der Waals surface area contributed by atoms with E-state index in [1.165, 1.54) is 6.07 Å². The van der Waals surface area contributed by atoms with Crippen LogP contribution in [0.15, 0.2) is 17.1 Å². The first kappa shape index (κ1) is 12.6. The summed E-state index contributed by atoms with van der Waals surface area (Å²) in [4.78, 5) is 25.2. The van der Waals surface area contributed by atoms with Gasteiger partial charge < -0.3 is 9.64 Å². The van der Waals surface area contributed by atoms with E-state index in [0.29, 0.717) is 6.61 Å². The Balaban J connectivity index is 2.10. The van der Waals surface area contributed by atoms with E-state index in [9.17, 15) is 9.59 Å². The molecule has 18 heavy (non-hydrogen) atoms. The molecule has 0 saturated carbocycles. The van der Waals surface area contributed by atoms with Crippen LogP contribution in [0.2, 0.25) is 0 Å². The molecule has 1 aromatic rings. The van der Waals surface area contributed by atoms with Crippen LogP contribution in [0.25, 0.3) is 0 Å². The number of rotatable bonds is 4. The van der Waals surface area contributed by atoms with Crippen molar-refractivity contribution in [3.63, 3.8) is 0 Å². The van der Waals surface area contributed by atoms with Crippen LogP contribution in [0.1, 0.15) is 19.8 Å². The van der Waals surface area contributed by atoms with Gasteiger partial charge in [-0.15, -0.1) is 0 Å². The molecule has 1 saturated heterocycles. The number of anilines is 1. The summed E-state index contributed by atoms with van der Waals surface area (Å²) < 4.78 is 5.90. The predicted molar refractivity (Wildman–Crippen MR) is 66.6 cm³/mol. The van der Waals surface area contributed by atoms with Gasteiger partial charge >= 0.3 is 5.97 Å². The maximum absolute atomic E-state index is 11.8. The van der Waals surface area contributed by atoms with Crippen molar-refractivity contribution in [1.82, 2.24) is 9.78 Å². The molecular weight excluding hydrogens is 234 g/mol. The van der Waals surface area contributed by atoms with Crippen molar-refractivity contribution in [2.45, 2.75) is 26.3 Å². The minimum Gasteiger partial charge on any atom is -0.465 e. The molecule has 0 spiro atoms. The first-order chi connectivity index (χ1) is 8.70. The Hall–Kier alpha value is -1.85. The molecule has 98 valence electrons. The van der Waals surface area contributed by atoms with Crippen LogP contribution in [-0.4, -0.2) is 35.4 Å². The van der Waals surface area contributed by atoms with Gasteiger partial charge in [0.1, 0.15) is 6.54 Å². The maximum Gasteiger partial charge on any atom is 0.327 e. The van der Waals surface area contributed by atoms with Gasteiger partial charge in [-0.25, -0.2) is 4.68 Å². The quantitative estimate of drug-likeness (QED) is 0.725. The SMILES string of the molecule is CCOC(=O)Cn1ncc(N2CCCC2)cc1=O. The number of hydrogen-bond donors (Lipinski definition) is 0. The van der Waals surface area contributed by atoms with E-state index in [1.54, 1.807) is 13.1 Å². The summed E-state index contributed by atoms with van der Waals surface area (Å²) in [5, 5.41) is 4.01. The Morgan fingerprint density at radius 3 is 2.78 bits per heavy atom. The highest BCUT2D eigenvalue weighted by Gasteiger charge is 2.14. The number of carbonyl (C=O) groups is 1. The average molecular weight is 251 g/mol. The van der Waals surface area contributed by atoms with Crippen molar-refractivity contribution in [3.8, 4) is 0 Å². The molecule has 0 atom stereocenters. The summed E-state index contributed by atoms with van der Waals surface area (Å²) in [5.41, 5.74) is 0.560. The van der Waals surface area contributed by atoms with E-state index in [1.807, 2.05) is 0 Å². The average Bonchev–Trinajstić information content (AvgIpc) is 2.85. The fraction of sp³-hybridized carbons (Fsp3) is 0.583. The van der Waals surface area contributed by atoms with E-state index in [4.69, 9.17) is 4.74 Å². The number of aromatic nitrogens is 2. The molecule has 0 radical (unpaired) electrons. The third-order valence-electron chi connectivity index (χ3n) is 2.91. The Morgan fingerprint density at radius 2 is 2.17 bits per heavy atom. The highest BCUT2D eigenvalue weighted by molar-refractivity contribution is 5.69. The zero-order valence-corrected chi connectivity index (χ0v) is 10.5. The summed E-state index contributed by atoms with van der Waals surface area (Å²) in [6.45, 7) is 3.82. The molecule has 2 heterocycles. The Kier molecular flexibility index (Phi) is 3.96. The number of hydrogen-bond acceptors (Lipinski definition) is 5. The van der Waals surface area contributed by atoms with Crippen molar-refractivity contribution in [1.29, 1.82) is 0 Å². The molecule has 1 fully saturated rings. The van der Waals surface area contributed by atoms with Crippen LogP contribution in [-0.2, 0) is 16.1 Å². The van der Waals surface area contributed by atoms with Gasteiger partial charge in [0.05, 0.1) is 18.5 Å². The summed E-state index contributed by atoms with van der Waals surface area (Å²) in [5.74, 6) is -0.443. The highest BCUT2D eigenvalue weighted by atomic mass is 16.5. The van der Waals surface area contributed by atoms with Gasteiger partial charge in [-0.05, 0) is 19.8 Å². The fourth-order valence-electron chi connectivity index (χ4n) is 2.02. The molecule has 6 nitrogen and oxygen atoms in total. The lowest BCUT2D eigenvalue weighted by Gasteiger charge is -2.16. The summed E-state index contributed by atoms with van der Waals surface area (Å²) in [7, 11) is 0. The summed E-state index contributed by atoms with van der Waals surface area (Å²) >= 11 is 0. The van der Waals surface area contributed by atoms with Gasteiger partial charge in [0.2, 0.25) is 0 Å². The van der Waals surface area contributed by atoms with Crippen molar-refractivity contribution >= 4 is 11.7 Å². The zero-order chi connectivity index (χ0) is 13.0. The normalized spacial score (nSPS) is 14.8. The standard InChI is InChI=1S/C12H17N3O3/c1-2-18-12(17)9-15-11(16)7-10(8-13-15)14-5-3-4-6-14/h7-8H,2-6,9H2,1H3. The molecule has 0 aliphatic carbocycles. The lowest BCUT2D eigenvalue weighted by Crippen LogP contribution is -2.29. The van der Waals surface area contributed by atoms with E-state index < -0.39 is 5.97 Å². The lowest BCUT2D eigenvalue weighted by atomic mass is 10.4. The highest BCUT2D eigenvalue weighted by Crippen LogP contribution is 2.16. The third-order valence-corrected chi connectivity index (χ3v) is 2.91. The molecule has 1 aliphatic heterocycles. The Labute approximate surface area is 105 Å². The van der Waals surface area contributed by atoms with E-state index in [0.717, 1.165) is 36.3 Å². The van der Waals surface area contributed by atoms with Crippen molar-refractivity contribution in [3.05, 3.63) is 22.6 Å². The molecule has 0 aromatic carbocycles. The lowest BCUT2D eigenvalue weighted by molar-refractivity contribution is -0.144. The van der Waals surface area contributed by atoms with Gasteiger partial charge in [0, 0.05) is 19.2 Å². The van der Waals surface area contributed by atoms with Crippen LogP contribution in [0.4, 0.5) is 5.69 Å². The smallest absolute Gasteiger partial charge is 0.327 e. The maximum atomic E-state index is 11.8. The molecule has 1 aromatic heterocycles. The van der Waals surface area contributed by atoms with E-state index >= 15 is 0 Å². The Bertz CT molecular complexity index is 478. The zero-order valence-electron chi connectivity index (χ0n) is 10.5. The second-order valence-electron chi connectivity index (χ2n) is 4.21. The molecular formula is C12H17N3O3. The third kappa shape index (κ3) is 2.88. The van der Waals surface area contributed by atoms with Crippen molar-refractivity contribution < 1.29 is 9.53 Å². The number of nitrogens with zero attached hydrogens (tertiary/aromatic N) is 3. The fourth-order valence-corrected chi connectivity index (χ4v) is 2.02. The largest absolute Gasteiger partial charge is 0.465 e. The minimum absolute atomic E-state index is 0.132. The minimum atomic E-state index is -0.443.